The van der Waals surface area contributed by atoms with Crippen LogP contribution < -0.4 is 21.1 Å². The molecule has 0 fully saturated rings. The summed E-state index contributed by atoms with van der Waals surface area (Å²) in [6, 6.07) is 14.3. The van der Waals surface area contributed by atoms with Crippen molar-refractivity contribution in [2.75, 3.05) is 118 Å². The van der Waals surface area contributed by atoms with Gasteiger partial charge in [0.15, 0.2) is 5.82 Å². The molecule has 2 aromatic carbocycles. The summed E-state index contributed by atoms with van der Waals surface area (Å²) in [5, 5.41) is 16.9. The summed E-state index contributed by atoms with van der Waals surface area (Å²) in [5.74, 6) is 1.85. The number of anilines is 1. The zero-order valence-electron chi connectivity index (χ0n) is 36.1. The van der Waals surface area contributed by atoms with Gasteiger partial charge < -0.3 is 49.7 Å². The van der Waals surface area contributed by atoms with Crippen molar-refractivity contribution in [1.82, 2.24) is 25.0 Å². The molecule has 0 spiro atoms. The number of nitrogens with zero attached hydrogens (tertiary/aromatic N) is 5. The van der Waals surface area contributed by atoms with Gasteiger partial charge in [-0.3, -0.25) is 14.4 Å². The first-order chi connectivity index (χ1) is 29.7. The summed E-state index contributed by atoms with van der Waals surface area (Å²) in [6.07, 6.45) is 2.23. The lowest BCUT2D eigenvalue weighted by Crippen LogP contribution is -2.27. The number of halogens is 1. The second kappa shape index (κ2) is 26.6. The third-order valence-corrected chi connectivity index (χ3v) is 11.4. The molecular formula is C44H63ClN8O7S. The number of aromatic nitrogens is 3. The van der Waals surface area contributed by atoms with Gasteiger partial charge in [-0.2, -0.15) is 0 Å². The van der Waals surface area contributed by atoms with Gasteiger partial charge in [-0.15, -0.1) is 21.5 Å². The number of aliphatic imine (C=N–C) groups is 1. The van der Waals surface area contributed by atoms with Gasteiger partial charge in [0, 0.05) is 33.3 Å². The Bertz CT molecular complexity index is 1930. The number of carbonyl (C=O) groups is 1. The van der Waals surface area contributed by atoms with E-state index in [1.165, 1.54) is 4.88 Å². The van der Waals surface area contributed by atoms with E-state index in [0.717, 1.165) is 78.8 Å². The third kappa shape index (κ3) is 15.8. The van der Waals surface area contributed by atoms with Gasteiger partial charge in [-0.25, -0.2) is 0 Å². The Labute approximate surface area is 369 Å². The first-order valence-corrected chi connectivity index (χ1v) is 22.3. The lowest BCUT2D eigenvalue weighted by Gasteiger charge is -2.15. The van der Waals surface area contributed by atoms with Crippen molar-refractivity contribution in [2.24, 2.45) is 10.7 Å². The zero-order valence-corrected chi connectivity index (χ0v) is 37.7. The van der Waals surface area contributed by atoms with Gasteiger partial charge >= 0.3 is 0 Å². The van der Waals surface area contributed by atoms with Crippen LogP contribution in [0.4, 0.5) is 5.69 Å². The lowest BCUT2D eigenvalue weighted by atomic mass is 9.99. The third-order valence-electron chi connectivity index (χ3n) is 9.92. The van der Waals surface area contributed by atoms with Crippen molar-refractivity contribution in [1.29, 1.82) is 0 Å². The molecule has 0 saturated heterocycles. The number of ether oxygens (including phenoxy) is 6. The van der Waals surface area contributed by atoms with E-state index in [4.69, 9.17) is 50.7 Å². The number of thiophene rings is 1. The van der Waals surface area contributed by atoms with Gasteiger partial charge in [0.2, 0.25) is 5.91 Å². The van der Waals surface area contributed by atoms with E-state index in [1.54, 1.807) is 11.3 Å². The molecule has 4 N–H and O–H groups in total. The highest BCUT2D eigenvalue weighted by atomic mass is 35.5. The number of nitrogens with two attached hydrogens (primary N) is 1. The summed E-state index contributed by atoms with van der Waals surface area (Å²) < 4.78 is 35.8. The maximum Gasteiger partial charge on any atom is 0.227 e. The minimum absolute atomic E-state index is 0.0783. The van der Waals surface area contributed by atoms with Crippen LogP contribution in [-0.2, 0) is 28.5 Å². The molecule has 0 radical (unpaired) electrons. The van der Waals surface area contributed by atoms with E-state index in [1.807, 2.05) is 60.0 Å². The molecule has 17 heteroatoms. The highest BCUT2D eigenvalue weighted by molar-refractivity contribution is 7.15. The van der Waals surface area contributed by atoms with Crippen LogP contribution in [0.5, 0.6) is 5.75 Å². The smallest absolute Gasteiger partial charge is 0.227 e. The molecule has 1 aliphatic rings. The van der Waals surface area contributed by atoms with Crippen LogP contribution in [0.3, 0.4) is 0 Å². The van der Waals surface area contributed by atoms with Crippen molar-refractivity contribution >= 4 is 40.2 Å². The van der Waals surface area contributed by atoms with Crippen LogP contribution in [0.25, 0.3) is 5.00 Å². The van der Waals surface area contributed by atoms with Gasteiger partial charge in [0.25, 0.3) is 0 Å². The molecule has 61 heavy (non-hydrogen) atoms. The maximum atomic E-state index is 13.5. The number of fused-ring (bicyclic) bond motifs is 3. The molecule has 334 valence electrons. The number of hydrogen-bond acceptors (Lipinski definition) is 14. The van der Waals surface area contributed by atoms with Crippen LogP contribution in [0.1, 0.15) is 58.5 Å². The molecule has 4 aromatic rings. The van der Waals surface area contributed by atoms with E-state index < -0.39 is 6.04 Å². The lowest BCUT2D eigenvalue weighted by molar-refractivity contribution is -0.116. The van der Waals surface area contributed by atoms with E-state index in [9.17, 15) is 4.79 Å². The van der Waals surface area contributed by atoms with Crippen molar-refractivity contribution < 1.29 is 33.2 Å². The fourth-order valence-corrected chi connectivity index (χ4v) is 7.91. The Kier molecular flexibility index (Phi) is 21.0. The fraction of sp³-hybridized carbons (Fsp3) is 0.545. The molecule has 0 saturated carbocycles. The maximum absolute atomic E-state index is 13.5. The molecule has 1 amide bonds. The van der Waals surface area contributed by atoms with Crippen LogP contribution >= 0.6 is 22.9 Å². The molecule has 5 rings (SSSR count). The van der Waals surface area contributed by atoms with E-state index in [-0.39, 0.29) is 12.3 Å². The van der Waals surface area contributed by atoms with Crippen molar-refractivity contribution in [3.63, 3.8) is 0 Å². The fourth-order valence-electron chi connectivity index (χ4n) is 6.57. The monoisotopic (exact) mass is 882 g/mol. The van der Waals surface area contributed by atoms with E-state index in [2.05, 4.69) is 46.6 Å². The number of hydrogen-bond donors (Lipinski definition) is 3. The number of benzene rings is 2. The first-order valence-electron chi connectivity index (χ1n) is 21.1. The standard InChI is InChI=1S/C44H63ClN8O7S/c1-32-33(2)61-44-41(32)42(35-7-9-36(45)10-8-35)49-39(43-51-50-34(3)53(43)44)31-40(54)48-37-11-13-38(14-12-37)60-30-29-59-28-27-58-26-25-57-24-23-56-22-21-55-20-17-47-16-6-19-52(4)18-5-15-46/h7-14,39,47H,5-6,15-31,46H2,1-4H3,(H,48,54). The predicted molar refractivity (Wildman–Crippen MR) is 241 cm³/mol. The van der Waals surface area contributed by atoms with Gasteiger partial charge in [0.1, 0.15) is 29.2 Å². The van der Waals surface area contributed by atoms with E-state index >= 15 is 0 Å². The molecular weight excluding hydrogens is 820 g/mol. The Morgan fingerprint density at radius 1 is 0.803 bits per heavy atom. The normalized spacial score (nSPS) is 13.6. The molecule has 1 aliphatic heterocycles. The predicted octanol–water partition coefficient (Wildman–Crippen LogP) is 5.55. The molecule has 0 bridgehead atoms. The summed E-state index contributed by atoms with van der Waals surface area (Å²) >= 11 is 7.91. The molecule has 3 heterocycles. The second-order valence-electron chi connectivity index (χ2n) is 14.6. The quantitative estimate of drug-likeness (QED) is 0.0560. The van der Waals surface area contributed by atoms with Crippen LogP contribution in [-0.4, -0.2) is 144 Å². The minimum atomic E-state index is -0.562. The number of carbonyl (C=O) groups excluding carboxylic acids is 1. The van der Waals surface area contributed by atoms with Gasteiger partial charge in [-0.05, 0) is 109 Å². The summed E-state index contributed by atoms with van der Waals surface area (Å²) in [6.45, 7) is 16.3. The SMILES string of the molecule is Cc1sc2c(c1C)C(c1ccc(Cl)cc1)=NC(CC(=O)Nc1ccc(OCCOCCOCCOCCOCCOCCNCCCN(C)CCCN)cc1)c1nnc(C)n1-2. The van der Waals surface area contributed by atoms with Gasteiger partial charge in [-0.1, -0.05) is 23.7 Å². The molecule has 15 nitrogen and oxygen atoms in total. The summed E-state index contributed by atoms with van der Waals surface area (Å²) in [4.78, 5) is 22.2. The van der Waals surface area contributed by atoms with Crippen LogP contribution in [0.2, 0.25) is 5.02 Å². The Hall–Kier alpha value is -3.81. The molecule has 1 unspecified atom stereocenters. The zero-order chi connectivity index (χ0) is 43.2. The van der Waals surface area contributed by atoms with Crippen molar-refractivity contribution in [3.05, 3.63) is 86.8 Å². The number of rotatable bonds is 30. The second-order valence-corrected chi connectivity index (χ2v) is 16.3. The largest absolute Gasteiger partial charge is 0.491 e. The molecule has 1 atom stereocenters. The summed E-state index contributed by atoms with van der Waals surface area (Å²) in [5.41, 5.74) is 10.1. The summed E-state index contributed by atoms with van der Waals surface area (Å²) in [7, 11) is 2.13. The minimum Gasteiger partial charge on any atom is -0.491 e. The number of amides is 1. The Morgan fingerprint density at radius 2 is 1.41 bits per heavy atom. The van der Waals surface area contributed by atoms with Crippen LogP contribution in [0, 0.1) is 20.8 Å². The number of aryl methyl sites for hydroxylation is 2. The topological polar surface area (TPSA) is 169 Å². The van der Waals surface area contributed by atoms with Gasteiger partial charge in [0.05, 0.1) is 78.2 Å². The number of nitrogens with one attached hydrogen (secondary N) is 2. The van der Waals surface area contributed by atoms with E-state index in [0.29, 0.717) is 95.0 Å². The average Bonchev–Trinajstić information content (AvgIpc) is 3.74. The van der Waals surface area contributed by atoms with Crippen molar-refractivity contribution in [2.45, 2.75) is 46.1 Å². The average molecular weight is 884 g/mol. The molecule has 0 aliphatic carbocycles. The Morgan fingerprint density at radius 3 is 2.05 bits per heavy atom. The first kappa shape index (κ1) is 48.2. The highest BCUT2D eigenvalue weighted by Crippen LogP contribution is 2.39. The van der Waals surface area contributed by atoms with Crippen LogP contribution in [0.15, 0.2) is 53.5 Å². The molecule has 2 aromatic heterocycles. The Balaban J connectivity index is 0.896. The van der Waals surface area contributed by atoms with Crippen molar-refractivity contribution in [3.8, 4) is 10.8 Å². The highest BCUT2D eigenvalue weighted by Gasteiger charge is 2.32.